The van der Waals surface area contributed by atoms with Gasteiger partial charge in [0, 0.05) is 41.4 Å². The highest BCUT2D eigenvalue weighted by molar-refractivity contribution is 9.10. The van der Waals surface area contributed by atoms with Crippen molar-refractivity contribution < 1.29 is 9.59 Å². The topological polar surface area (TPSA) is 61.4 Å². The highest BCUT2D eigenvalue weighted by atomic mass is 79.9. The van der Waals surface area contributed by atoms with Gasteiger partial charge < -0.3 is 15.5 Å². The zero-order valence-electron chi connectivity index (χ0n) is 18.5. The van der Waals surface area contributed by atoms with Crippen molar-refractivity contribution in [3.8, 4) is 0 Å². The molecule has 0 unspecified atom stereocenters. The minimum atomic E-state index is -0.0494. The van der Waals surface area contributed by atoms with Crippen LogP contribution in [0.1, 0.15) is 39.1 Å². The van der Waals surface area contributed by atoms with Crippen LogP contribution in [0.5, 0.6) is 0 Å². The van der Waals surface area contributed by atoms with E-state index in [2.05, 4.69) is 43.6 Å². The number of anilines is 1. The molecule has 170 valence electrons. The fraction of sp³-hybridized carbons (Fsp3) is 0.259. The molecular formula is C27H28BrN3O2. The van der Waals surface area contributed by atoms with Gasteiger partial charge in [0.15, 0.2) is 0 Å². The van der Waals surface area contributed by atoms with E-state index in [1.807, 2.05) is 66.7 Å². The number of nitrogens with one attached hydrogen (secondary N) is 2. The van der Waals surface area contributed by atoms with Crippen molar-refractivity contribution >= 4 is 33.4 Å². The molecule has 0 aromatic heterocycles. The second-order valence-electron chi connectivity index (χ2n) is 8.25. The molecule has 1 heterocycles. The van der Waals surface area contributed by atoms with E-state index in [0.717, 1.165) is 42.5 Å². The summed E-state index contributed by atoms with van der Waals surface area (Å²) in [4.78, 5) is 27.7. The molecule has 33 heavy (non-hydrogen) atoms. The first-order chi connectivity index (χ1) is 16.1. The Labute approximate surface area is 203 Å². The second kappa shape index (κ2) is 11.1. The van der Waals surface area contributed by atoms with Crippen molar-refractivity contribution in [2.45, 2.75) is 25.3 Å². The lowest BCUT2D eigenvalue weighted by Crippen LogP contribution is -2.45. The summed E-state index contributed by atoms with van der Waals surface area (Å²) in [7, 11) is 0. The smallest absolute Gasteiger partial charge is 0.253 e. The van der Waals surface area contributed by atoms with Crippen LogP contribution in [-0.4, -0.2) is 37.5 Å². The van der Waals surface area contributed by atoms with Crippen LogP contribution in [0.2, 0.25) is 0 Å². The van der Waals surface area contributed by atoms with Crippen LogP contribution in [0.3, 0.4) is 0 Å². The van der Waals surface area contributed by atoms with Gasteiger partial charge in [-0.15, -0.1) is 0 Å². The van der Waals surface area contributed by atoms with Crippen molar-refractivity contribution in [2.75, 3.05) is 24.5 Å². The van der Waals surface area contributed by atoms with Gasteiger partial charge in [0.05, 0.1) is 5.56 Å². The van der Waals surface area contributed by atoms with Crippen LogP contribution in [-0.2, 0) is 6.42 Å². The Morgan fingerprint density at radius 2 is 1.61 bits per heavy atom. The molecule has 0 saturated carbocycles. The van der Waals surface area contributed by atoms with Gasteiger partial charge >= 0.3 is 0 Å². The van der Waals surface area contributed by atoms with Crippen molar-refractivity contribution in [3.05, 3.63) is 100 Å². The predicted molar refractivity (Wildman–Crippen MR) is 136 cm³/mol. The third kappa shape index (κ3) is 6.23. The SMILES string of the molecule is O=C(NC1CCN(c2ccccc2C(=O)NCCc2ccccc2)CC1)c1cccc(Br)c1. The van der Waals surface area contributed by atoms with E-state index >= 15 is 0 Å². The molecule has 0 radical (unpaired) electrons. The van der Waals surface area contributed by atoms with Gasteiger partial charge in [-0.25, -0.2) is 0 Å². The molecule has 0 spiro atoms. The van der Waals surface area contributed by atoms with Crippen LogP contribution in [0.25, 0.3) is 0 Å². The van der Waals surface area contributed by atoms with E-state index < -0.39 is 0 Å². The molecule has 0 atom stereocenters. The zero-order valence-corrected chi connectivity index (χ0v) is 20.1. The largest absolute Gasteiger partial charge is 0.371 e. The summed E-state index contributed by atoms with van der Waals surface area (Å²) in [5.41, 5.74) is 3.51. The highest BCUT2D eigenvalue weighted by Gasteiger charge is 2.24. The van der Waals surface area contributed by atoms with E-state index in [9.17, 15) is 9.59 Å². The fourth-order valence-corrected chi connectivity index (χ4v) is 4.56. The lowest BCUT2D eigenvalue weighted by Gasteiger charge is -2.35. The van der Waals surface area contributed by atoms with E-state index in [1.165, 1.54) is 5.56 Å². The molecule has 1 fully saturated rings. The van der Waals surface area contributed by atoms with Gasteiger partial charge in [0.1, 0.15) is 0 Å². The van der Waals surface area contributed by atoms with Crippen molar-refractivity contribution in [1.82, 2.24) is 10.6 Å². The maximum atomic E-state index is 12.9. The molecule has 6 heteroatoms. The Hall–Kier alpha value is -3.12. The molecule has 0 bridgehead atoms. The minimum absolute atomic E-state index is 0.0482. The summed E-state index contributed by atoms with van der Waals surface area (Å²) in [6.07, 6.45) is 2.48. The number of carbonyl (C=O) groups excluding carboxylic acids is 2. The molecule has 1 aliphatic rings. The maximum absolute atomic E-state index is 12.9. The Balaban J connectivity index is 1.32. The highest BCUT2D eigenvalue weighted by Crippen LogP contribution is 2.24. The monoisotopic (exact) mass is 505 g/mol. The minimum Gasteiger partial charge on any atom is -0.371 e. The molecular weight excluding hydrogens is 478 g/mol. The number of para-hydroxylation sites is 1. The number of carbonyl (C=O) groups is 2. The Morgan fingerprint density at radius 1 is 0.879 bits per heavy atom. The van der Waals surface area contributed by atoms with E-state index in [-0.39, 0.29) is 17.9 Å². The van der Waals surface area contributed by atoms with Gasteiger partial charge in [-0.2, -0.15) is 0 Å². The van der Waals surface area contributed by atoms with Crippen molar-refractivity contribution in [3.63, 3.8) is 0 Å². The number of piperidine rings is 1. The van der Waals surface area contributed by atoms with E-state index in [1.54, 1.807) is 0 Å². The Kier molecular flexibility index (Phi) is 7.79. The van der Waals surface area contributed by atoms with Crippen molar-refractivity contribution in [2.24, 2.45) is 0 Å². The number of amides is 2. The van der Waals surface area contributed by atoms with Crippen LogP contribution < -0.4 is 15.5 Å². The predicted octanol–water partition coefficient (Wildman–Crippen LogP) is 4.82. The third-order valence-corrected chi connectivity index (χ3v) is 6.44. The Bertz CT molecular complexity index is 1100. The number of benzene rings is 3. The lowest BCUT2D eigenvalue weighted by atomic mass is 10.0. The van der Waals surface area contributed by atoms with Crippen molar-refractivity contribution in [1.29, 1.82) is 0 Å². The maximum Gasteiger partial charge on any atom is 0.253 e. The summed E-state index contributed by atoms with van der Waals surface area (Å²) in [6.45, 7) is 2.18. The molecule has 2 N–H and O–H groups in total. The number of halogens is 1. The standard InChI is InChI=1S/C27H28BrN3O2/c28-22-10-6-9-21(19-22)26(32)30-23-14-17-31(18-15-23)25-12-5-4-11-24(25)27(33)29-16-13-20-7-2-1-3-8-20/h1-12,19,23H,13-18H2,(H,29,33)(H,30,32). The number of hydrogen-bond acceptors (Lipinski definition) is 3. The number of nitrogens with zero attached hydrogens (tertiary/aromatic N) is 1. The van der Waals surface area contributed by atoms with Gasteiger partial charge in [-0.05, 0) is 55.2 Å². The van der Waals surface area contributed by atoms with E-state index in [0.29, 0.717) is 17.7 Å². The average molecular weight is 506 g/mol. The molecule has 4 rings (SSSR count). The normalized spacial score (nSPS) is 14.0. The summed E-state index contributed by atoms with van der Waals surface area (Å²) in [6, 6.07) is 25.5. The molecule has 5 nitrogen and oxygen atoms in total. The second-order valence-corrected chi connectivity index (χ2v) is 9.17. The molecule has 1 aliphatic heterocycles. The first-order valence-corrected chi connectivity index (χ1v) is 12.1. The fourth-order valence-electron chi connectivity index (χ4n) is 4.16. The lowest BCUT2D eigenvalue weighted by molar-refractivity contribution is 0.0929. The van der Waals surface area contributed by atoms with Crippen LogP contribution in [0.15, 0.2) is 83.3 Å². The average Bonchev–Trinajstić information content (AvgIpc) is 2.85. The van der Waals surface area contributed by atoms with Gasteiger partial charge in [-0.3, -0.25) is 9.59 Å². The summed E-state index contributed by atoms with van der Waals surface area (Å²) in [5, 5.41) is 6.21. The summed E-state index contributed by atoms with van der Waals surface area (Å²) >= 11 is 3.42. The molecule has 1 saturated heterocycles. The first kappa shape index (κ1) is 23.1. The van der Waals surface area contributed by atoms with Gasteiger partial charge in [0.2, 0.25) is 0 Å². The number of rotatable bonds is 7. The molecule has 3 aromatic carbocycles. The Morgan fingerprint density at radius 3 is 2.36 bits per heavy atom. The quantitative estimate of drug-likeness (QED) is 0.483. The third-order valence-electron chi connectivity index (χ3n) is 5.95. The van der Waals surface area contributed by atoms with Crippen LogP contribution >= 0.6 is 15.9 Å². The van der Waals surface area contributed by atoms with E-state index in [4.69, 9.17) is 0 Å². The number of hydrogen-bond donors (Lipinski definition) is 2. The van der Waals surface area contributed by atoms with Crippen LogP contribution in [0.4, 0.5) is 5.69 Å². The summed E-state index contributed by atoms with van der Waals surface area (Å²) < 4.78 is 0.892. The van der Waals surface area contributed by atoms with Crippen LogP contribution in [0, 0.1) is 0 Å². The first-order valence-electron chi connectivity index (χ1n) is 11.3. The van der Waals surface area contributed by atoms with Gasteiger partial charge in [0.25, 0.3) is 11.8 Å². The molecule has 2 amide bonds. The summed E-state index contributed by atoms with van der Waals surface area (Å²) in [5.74, 6) is -0.0976. The molecule has 3 aromatic rings. The molecule has 0 aliphatic carbocycles. The van der Waals surface area contributed by atoms with Gasteiger partial charge in [-0.1, -0.05) is 64.5 Å². The zero-order chi connectivity index (χ0) is 23.0.